The standard InChI is InChI=1S/C15H20N2O2/c1-2-19-14-8-4-6-12(15(14)18)10-17-13-7-3-5-11(13)9-16/h4,6,8,11,13,17-18H,2-3,5,7,10H2,1H3. The Morgan fingerprint density at radius 1 is 1.47 bits per heavy atom. The van der Waals surface area contributed by atoms with E-state index in [1.54, 1.807) is 6.07 Å². The van der Waals surface area contributed by atoms with Crippen LogP contribution in [0.2, 0.25) is 0 Å². The lowest BCUT2D eigenvalue weighted by Crippen LogP contribution is -2.31. The molecule has 0 aliphatic heterocycles. The lowest BCUT2D eigenvalue weighted by atomic mass is 10.1. The average molecular weight is 260 g/mol. The summed E-state index contributed by atoms with van der Waals surface area (Å²) < 4.78 is 5.36. The summed E-state index contributed by atoms with van der Waals surface area (Å²) in [5.41, 5.74) is 0.814. The Morgan fingerprint density at radius 2 is 2.32 bits per heavy atom. The molecule has 102 valence electrons. The van der Waals surface area contributed by atoms with Crippen LogP contribution >= 0.6 is 0 Å². The molecule has 1 saturated carbocycles. The van der Waals surface area contributed by atoms with E-state index < -0.39 is 0 Å². The fraction of sp³-hybridized carbons (Fsp3) is 0.533. The first kappa shape index (κ1) is 13.7. The summed E-state index contributed by atoms with van der Waals surface area (Å²) >= 11 is 0. The maximum Gasteiger partial charge on any atom is 0.162 e. The van der Waals surface area contributed by atoms with E-state index in [1.165, 1.54) is 0 Å². The number of para-hydroxylation sites is 1. The lowest BCUT2D eigenvalue weighted by Gasteiger charge is -2.17. The van der Waals surface area contributed by atoms with E-state index in [4.69, 9.17) is 10.00 Å². The van der Waals surface area contributed by atoms with Crippen LogP contribution < -0.4 is 10.1 Å². The summed E-state index contributed by atoms with van der Waals surface area (Å²) in [6.07, 6.45) is 3.10. The number of nitrogens with zero attached hydrogens (tertiary/aromatic N) is 1. The number of aromatic hydroxyl groups is 1. The zero-order valence-corrected chi connectivity index (χ0v) is 11.2. The van der Waals surface area contributed by atoms with Crippen LogP contribution in [0.5, 0.6) is 11.5 Å². The Kier molecular flexibility index (Phi) is 4.64. The van der Waals surface area contributed by atoms with Gasteiger partial charge in [0.15, 0.2) is 11.5 Å². The van der Waals surface area contributed by atoms with Gasteiger partial charge in [-0.3, -0.25) is 0 Å². The normalized spacial score (nSPS) is 22.1. The molecule has 2 rings (SSSR count). The number of phenols is 1. The molecule has 1 fully saturated rings. The van der Waals surface area contributed by atoms with E-state index in [0.29, 0.717) is 18.9 Å². The number of nitrogens with one attached hydrogen (secondary N) is 1. The highest BCUT2D eigenvalue weighted by atomic mass is 16.5. The summed E-state index contributed by atoms with van der Waals surface area (Å²) in [5.74, 6) is 0.811. The van der Waals surface area contributed by atoms with Gasteiger partial charge in [0.05, 0.1) is 18.6 Å². The summed E-state index contributed by atoms with van der Waals surface area (Å²) in [6, 6.07) is 8.09. The number of benzene rings is 1. The van der Waals surface area contributed by atoms with Crippen LogP contribution in [-0.4, -0.2) is 17.8 Å². The largest absolute Gasteiger partial charge is 0.504 e. The van der Waals surface area contributed by atoms with Crippen LogP contribution in [0.1, 0.15) is 31.7 Å². The molecule has 2 unspecified atom stereocenters. The van der Waals surface area contributed by atoms with Gasteiger partial charge in [-0.15, -0.1) is 0 Å². The van der Waals surface area contributed by atoms with Gasteiger partial charge < -0.3 is 15.2 Å². The quantitative estimate of drug-likeness (QED) is 0.854. The number of ether oxygens (including phenoxy) is 1. The van der Waals surface area contributed by atoms with Gasteiger partial charge in [0.25, 0.3) is 0 Å². The fourth-order valence-corrected chi connectivity index (χ4v) is 2.58. The molecule has 0 spiro atoms. The third-order valence-electron chi connectivity index (χ3n) is 3.62. The van der Waals surface area contributed by atoms with Gasteiger partial charge >= 0.3 is 0 Å². The topological polar surface area (TPSA) is 65.3 Å². The van der Waals surface area contributed by atoms with Crippen LogP contribution in [0, 0.1) is 17.2 Å². The van der Waals surface area contributed by atoms with Crippen LogP contribution in [0.4, 0.5) is 0 Å². The van der Waals surface area contributed by atoms with Gasteiger partial charge in [-0.05, 0) is 25.8 Å². The Labute approximate surface area is 114 Å². The third kappa shape index (κ3) is 3.18. The first-order chi connectivity index (χ1) is 9.26. The molecule has 0 saturated heterocycles. The predicted octanol–water partition coefficient (Wildman–Crippen LogP) is 2.57. The van der Waals surface area contributed by atoms with Crippen molar-refractivity contribution in [3.8, 4) is 17.6 Å². The van der Waals surface area contributed by atoms with Crippen molar-refractivity contribution in [2.45, 2.75) is 38.8 Å². The first-order valence-electron chi connectivity index (χ1n) is 6.83. The minimum Gasteiger partial charge on any atom is -0.504 e. The molecule has 1 aromatic rings. The van der Waals surface area contributed by atoms with Gasteiger partial charge in [0.1, 0.15) is 0 Å². The van der Waals surface area contributed by atoms with Crippen LogP contribution in [0.25, 0.3) is 0 Å². The minimum absolute atomic E-state index is 0.0946. The molecule has 4 heteroatoms. The summed E-state index contributed by atoms with van der Waals surface area (Å²) in [6.45, 7) is 2.99. The molecule has 0 radical (unpaired) electrons. The number of phenolic OH excluding ortho intramolecular Hbond substituents is 1. The molecule has 0 bridgehead atoms. The summed E-state index contributed by atoms with van der Waals surface area (Å²) in [4.78, 5) is 0. The second kappa shape index (κ2) is 6.44. The van der Waals surface area contributed by atoms with E-state index >= 15 is 0 Å². The number of hydrogen-bond donors (Lipinski definition) is 2. The van der Waals surface area contributed by atoms with E-state index in [2.05, 4.69) is 11.4 Å². The number of rotatable bonds is 5. The second-order valence-electron chi connectivity index (χ2n) is 4.85. The van der Waals surface area contributed by atoms with E-state index in [9.17, 15) is 5.11 Å². The molecule has 1 aromatic carbocycles. The molecule has 4 nitrogen and oxygen atoms in total. The average Bonchev–Trinajstić information content (AvgIpc) is 2.87. The smallest absolute Gasteiger partial charge is 0.162 e. The fourth-order valence-electron chi connectivity index (χ4n) is 2.58. The van der Waals surface area contributed by atoms with Crippen molar-refractivity contribution in [2.24, 2.45) is 5.92 Å². The summed E-state index contributed by atoms with van der Waals surface area (Å²) in [7, 11) is 0. The zero-order chi connectivity index (χ0) is 13.7. The number of hydrogen-bond acceptors (Lipinski definition) is 4. The monoisotopic (exact) mass is 260 g/mol. The minimum atomic E-state index is 0.0946. The highest BCUT2D eigenvalue weighted by Gasteiger charge is 2.26. The van der Waals surface area contributed by atoms with Crippen molar-refractivity contribution in [2.75, 3.05) is 6.61 Å². The van der Waals surface area contributed by atoms with Crippen molar-refractivity contribution >= 4 is 0 Å². The van der Waals surface area contributed by atoms with Gasteiger partial charge in [-0.25, -0.2) is 0 Å². The lowest BCUT2D eigenvalue weighted by molar-refractivity contribution is 0.315. The Bertz CT molecular complexity index is 468. The van der Waals surface area contributed by atoms with E-state index in [-0.39, 0.29) is 17.7 Å². The molecule has 1 aliphatic rings. The van der Waals surface area contributed by atoms with Crippen molar-refractivity contribution in [3.05, 3.63) is 23.8 Å². The van der Waals surface area contributed by atoms with E-state index in [1.807, 2.05) is 19.1 Å². The highest BCUT2D eigenvalue weighted by molar-refractivity contribution is 5.45. The molecule has 19 heavy (non-hydrogen) atoms. The molecule has 2 atom stereocenters. The van der Waals surface area contributed by atoms with Crippen LogP contribution in [0.3, 0.4) is 0 Å². The van der Waals surface area contributed by atoms with E-state index in [0.717, 1.165) is 24.8 Å². The molecule has 0 aromatic heterocycles. The Hall–Kier alpha value is -1.73. The molecule has 0 heterocycles. The Balaban J connectivity index is 2.00. The van der Waals surface area contributed by atoms with Crippen LogP contribution in [-0.2, 0) is 6.54 Å². The third-order valence-corrected chi connectivity index (χ3v) is 3.62. The van der Waals surface area contributed by atoms with Gasteiger partial charge in [-0.1, -0.05) is 18.6 Å². The van der Waals surface area contributed by atoms with Crippen molar-refractivity contribution in [1.29, 1.82) is 5.26 Å². The molecular weight excluding hydrogens is 240 g/mol. The molecular formula is C15H20N2O2. The van der Waals surface area contributed by atoms with Crippen molar-refractivity contribution < 1.29 is 9.84 Å². The molecule has 0 amide bonds. The molecule has 1 aliphatic carbocycles. The first-order valence-corrected chi connectivity index (χ1v) is 6.83. The maximum absolute atomic E-state index is 10.1. The predicted molar refractivity (Wildman–Crippen MR) is 72.9 cm³/mol. The SMILES string of the molecule is CCOc1cccc(CNC2CCCC2C#N)c1O. The highest BCUT2D eigenvalue weighted by Crippen LogP contribution is 2.31. The maximum atomic E-state index is 10.1. The molecule has 2 N–H and O–H groups in total. The van der Waals surface area contributed by atoms with Gasteiger partial charge in [-0.2, -0.15) is 5.26 Å². The van der Waals surface area contributed by atoms with Crippen molar-refractivity contribution in [1.82, 2.24) is 5.32 Å². The van der Waals surface area contributed by atoms with Gasteiger partial charge in [0, 0.05) is 18.2 Å². The number of nitriles is 1. The second-order valence-corrected chi connectivity index (χ2v) is 4.85. The van der Waals surface area contributed by atoms with Crippen LogP contribution in [0.15, 0.2) is 18.2 Å². The van der Waals surface area contributed by atoms with Gasteiger partial charge in [0.2, 0.25) is 0 Å². The van der Waals surface area contributed by atoms with Crippen molar-refractivity contribution in [3.63, 3.8) is 0 Å². The zero-order valence-electron chi connectivity index (χ0n) is 11.2. The summed E-state index contributed by atoms with van der Waals surface area (Å²) in [5, 5.41) is 22.5. The Morgan fingerprint density at radius 3 is 3.05 bits per heavy atom.